The molecule has 1 aromatic carbocycles. The molecule has 2 N–H and O–H groups in total. The van der Waals surface area contributed by atoms with Crippen molar-refractivity contribution in [3.63, 3.8) is 0 Å². The highest BCUT2D eigenvalue weighted by Gasteiger charge is 2.32. The van der Waals surface area contributed by atoms with Crippen molar-refractivity contribution in [2.45, 2.75) is 44.8 Å². The minimum atomic E-state index is 0. The summed E-state index contributed by atoms with van der Waals surface area (Å²) >= 11 is 0. The molecule has 1 saturated heterocycles. The number of carbonyl (C=O) groups excluding carboxylic acids is 1. The molecule has 0 radical (unpaired) electrons. The number of nitrogens with two attached hydrogens (primary N) is 1. The van der Waals surface area contributed by atoms with Gasteiger partial charge in [-0.05, 0) is 69.3 Å². The molecule has 1 aliphatic heterocycles. The van der Waals surface area contributed by atoms with Gasteiger partial charge in [0, 0.05) is 18.2 Å². The fourth-order valence-corrected chi connectivity index (χ4v) is 3.12. The summed E-state index contributed by atoms with van der Waals surface area (Å²) in [6.07, 6.45) is 4.93. The van der Waals surface area contributed by atoms with E-state index in [1.165, 1.54) is 6.42 Å². The van der Waals surface area contributed by atoms with E-state index in [2.05, 4.69) is 6.92 Å². The van der Waals surface area contributed by atoms with E-state index in [9.17, 15) is 4.79 Å². The first-order valence-corrected chi connectivity index (χ1v) is 7.95. The lowest BCUT2D eigenvalue weighted by Crippen LogP contribution is -2.34. The van der Waals surface area contributed by atoms with Gasteiger partial charge in [-0.3, -0.25) is 4.79 Å². The third-order valence-electron chi connectivity index (χ3n) is 4.71. The van der Waals surface area contributed by atoms with Gasteiger partial charge in [0.15, 0.2) is 0 Å². The van der Waals surface area contributed by atoms with E-state index >= 15 is 0 Å². The number of likely N-dealkylation sites (tertiary alicyclic amines) is 1. The number of hydrogen-bond acceptors (Lipinski definition) is 3. The number of ether oxygens (including phenoxy) is 1. The molecule has 0 aromatic heterocycles. The highest BCUT2D eigenvalue weighted by atomic mass is 35.5. The molecule has 1 aromatic rings. The summed E-state index contributed by atoms with van der Waals surface area (Å²) in [5.74, 6) is 1.41. The normalized spacial score (nSPS) is 24.5. The zero-order chi connectivity index (χ0) is 14.8. The first-order valence-electron chi connectivity index (χ1n) is 7.95. The number of nitrogens with zero attached hydrogens (tertiary/aromatic N) is 1. The Kier molecular flexibility index (Phi) is 5.70. The molecule has 2 unspecified atom stereocenters. The largest absolute Gasteiger partial charge is 0.490 e. The van der Waals surface area contributed by atoms with Crippen molar-refractivity contribution in [2.75, 3.05) is 13.1 Å². The monoisotopic (exact) mass is 324 g/mol. The topological polar surface area (TPSA) is 55.6 Å². The Hall–Kier alpha value is -1.26. The molecule has 0 spiro atoms. The van der Waals surface area contributed by atoms with Gasteiger partial charge in [0.2, 0.25) is 0 Å². The van der Waals surface area contributed by atoms with Crippen molar-refractivity contribution >= 4 is 18.3 Å². The van der Waals surface area contributed by atoms with Crippen LogP contribution in [0.25, 0.3) is 0 Å². The average Bonchev–Trinajstić information content (AvgIpc) is 2.84. The number of benzene rings is 1. The fraction of sp³-hybridized carbons (Fsp3) is 0.588. The minimum Gasteiger partial charge on any atom is -0.490 e. The van der Waals surface area contributed by atoms with E-state index in [1.54, 1.807) is 0 Å². The molecule has 1 aliphatic carbocycles. The van der Waals surface area contributed by atoms with Crippen LogP contribution in [0.2, 0.25) is 0 Å². The van der Waals surface area contributed by atoms with Gasteiger partial charge in [0.25, 0.3) is 5.91 Å². The summed E-state index contributed by atoms with van der Waals surface area (Å²) in [5, 5.41) is 0. The molecule has 0 bridgehead atoms. The SMILES string of the molecule is CC1CC(CN)CN1C(=O)c1ccc(OC2CCC2)cc1.Cl. The highest BCUT2D eigenvalue weighted by molar-refractivity contribution is 5.94. The molecule has 122 valence electrons. The Balaban J connectivity index is 0.00000176. The maximum absolute atomic E-state index is 12.6. The van der Waals surface area contributed by atoms with Gasteiger partial charge in [-0.2, -0.15) is 0 Å². The zero-order valence-electron chi connectivity index (χ0n) is 13.0. The Morgan fingerprint density at radius 1 is 1.32 bits per heavy atom. The van der Waals surface area contributed by atoms with Crippen molar-refractivity contribution < 1.29 is 9.53 Å². The molecule has 1 amide bonds. The van der Waals surface area contributed by atoms with Crippen LogP contribution >= 0.6 is 12.4 Å². The Morgan fingerprint density at radius 2 is 2.00 bits per heavy atom. The van der Waals surface area contributed by atoms with Crippen LogP contribution in [0.1, 0.15) is 43.0 Å². The standard InChI is InChI=1S/C17H24N2O2.ClH/c1-12-9-13(10-18)11-19(12)17(20)14-5-7-16(8-6-14)21-15-3-2-4-15;/h5-8,12-13,15H,2-4,9-11,18H2,1H3;1H. The van der Waals surface area contributed by atoms with E-state index in [-0.39, 0.29) is 24.4 Å². The lowest BCUT2D eigenvalue weighted by atomic mass is 9.96. The molecule has 22 heavy (non-hydrogen) atoms. The number of amides is 1. The van der Waals surface area contributed by atoms with Crippen molar-refractivity contribution in [3.8, 4) is 5.75 Å². The van der Waals surface area contributed by atoms with Crippen LogP contribution in [-0.4, -0.2) is 36.0 Å². The van der Waals surface area contributed by atoms with E-state index in [0.29, 0.717) is 18.6 Å². The average molecular weight is 325 g/mol. The van der Waals surface area contributed by atoms with Crippen LogP contribution in [0.4, 0.5) is 0 Å². The van der Waals surface area contributed by atoms with Gasteiger partial charge in [-0.1, -0.05) is 0 Å². The molecular formula is C17H25ClN2O2. The number of carbonyl (C=O) groups is 1. The first-order chi connectivity index (χ1) is 10.2. The predicted molar refractivity (Wildman–Crippen MR) is 89.6 cm³/mol. The van der Waals surface area contributed by atoms with Crippen LogP contribution in [0.15, 0.2) is 24.3 Å². The Morgan fingerprint density at radius 3 is 2.50 bits per heavy atom. The third-order valence-corrected chi connectivity index (χ3v) is 4.71. The number of rotatable bonds is 4. The van der Waals surface area contributed by atoms with Crippen molar-refractivity contribution in [2.24, 2.45) is 11.7 Å². The number of hydrogen-bond donors (Lipinski definition) is 1. The van der Waals surface area contributed by atoms with Crippen LogP contribution < -0.4 is 10.5 Å². The molecule has 2 aliphatic rings. The summed E-state index contributed by atoms with van der Waals surface area (Å²) in [4.78, 5) is 14.5. The van der Waals surface area contributed by atoms with Gasteiger partial charge < -0.3 is 15.4 Å². The second kappa shape index (κ2) is 7.34. The van der Waals surface area contributed by atoms with Crippen molar-refractivity contribution in [3.05, 3.63) is 29.8 Å². The lowest BCUT2D eigenvalue weighted by Gasteiger charge is -2.26. The smallest absolute Gasteiger partial charge is 0.254 e. The van der Waals surface area contributed by atoms with Crippen LogP contribution in [0.5, 0.6) is 5.75 Å². The maximum atomic E-state index is 12.6. The molecule has 1 heterocycles. The van der Waals surface area contributed by atoms with Gasteiger partial charge in [0.05, 0.1) is 6.10 Å². The molecule has 3 rings (SSSR count). The second-order valence-corrected chi connectivity index (χ2v) is 6.34. The summed E-state index contributed by atoms with van der Waals surface area (Å²) < 4.78 is 5.82. The van der Waals surface area contributed by atoms with Crippen LogP contribution in [0, 0.1) is 5.92 Å². The molecule has 2 fully saturated rings. The minimum absolute atomic E-state index is 0. The quantitative estimate of drug-likeness (QED) is 0.926. The van der Waals surface area contributed by atoms with Crippen LogP contribution in [-0.2, 0) is 0 Å². The Labute approximate surface area is 138 Å². The number of halogens is 1. The lowest BCUT2D eigenvalue weighted by molar-refractivity contribution is 0.0743. The van der Waals surface area contributed by atoms with Gasteiger partial charge in [0.1, 0.15) is 5.75 Å². The molecular weight excluding hydrogens is 300 g/mol. The fourth-order valence-electron chi connectivity index (χ4n) is 3.12. The summed E-state index contributed by atoms with van der Waals surface area (Å²) in [5.41, 5.74) is 6.46. The van der Waals surface area contributed by atoms with E-state index < -0.39 is 0 Å². The summed E-state index contributed by atoms with van der Waals surface area (Å²) in [6.45, 7) is 3.53. The molecule has 5 heteroatoms. The highest BCUT2D eigenvalue weighted by Crippen LogP contribution is 2.27. The molecule has 2 atom stereocenters. The summed E-state index contributed by atoms with van der Waals surface area (Å²) in [7, 11) is 0. The predicted octanol–water partition coefficient (Wildman–Crippen LogP) is 2.85. The van der Waals surface area contributed by atoms with E-state index in [1.807, 2.05) is 29.2 Å². The second-order valence-electron chi connectivity index (χ2n) is 6.34. The van der Waals surface area contributed by atoms with E-state index in [0.717, 1.165) is 37.1 Å². The van der Waals surface area contributed by atoms with Gasteiger partial charge >= 0.3 is 0 Å². The van der Waals surface area contributed by atoms with Crippen molar-refractivity contribution in [1.82, 2.24) is 4.90 Å². The zero-order valence-corrected chi connectivity index (χ0v) is 13.8. The van der Waals surface area contributed by atoms with Gasteiger partial charge in [-0.25, -0.2) is 0 Å². The molecule has 1 saturated carbocycles. The first kappa shape index (κ1) is 17.1. The van der Waals surface area contributed by atoms with Crippen molar-refractivity contribution in [1.29, 1.82) is 0 Å². The van der Waals surface area contributed by atoms with Crippen LogP contribution in [0.3, 0.4) is 0 Å². The molecule has 4 nitrogen and oxygen atoms in total. The summed E-state index contributed by atoms with van der Waals surface area (Å²) in [6, 6.07) is 7.84. The Bertz CT molecular complexity index is 502. The van der Waals surface area contributed by atoms with Gasteiger partial charge in [-0.15, -0.1) is 12.4 Å². The maximum Gasteiger partial charge on any atom is 0.254 e. The third kappa shape index (κ3) is 3.55. The van der Waals surface area contributed by atoms with E-state index in [4.69, 9.17) is 10.5 Å².